The van der Waals surface area contributed by atoms with E-state index in [0.29, 0.717) is 31.3 Å². The second-order valence-corrected chi connectivity index (χ2v) is 5.69. The van der Waals surface area contributed by atoms with Crippen molar-refractivity contribution in [3.63, 3.8) is 0 Å². The highest BCUT2D eigenvalue weighted by molar-refractivity contribution is 5.60. The van der Waals surface area contributed by atoms with Gasteiger partial charge in [0.25, 0.3) is 0 Å². The third-order valence-corrected chi connectivity index (χ3v) is 4.04. The smallest absolute Gasteiger partial charge is 0.146 e. The van der Waals surface area contributed by atoms with Crippen molar-refractivity contribution in [1.82, 2.24) is 9.78 Å². The van der Waals surface area contributed by atoms with Crippen LogP contribution in [0.3, 0.4) is 0 Å². The van der Waals surface area contributed by atoms with Crippen LogP contribution in [-0.4, -0.2) is 22.9 Å². The van der Waals surface area contributed by atoms with Crippen LogP contribution in [0.1, 0.15) is 5.69 Å². The predicted molar refractivity (Wildman–Crippen MR) is 90.9 cm³/mol. The fraction of sp³-hybridized carbons (Fsp3) is 0.167. The largest absolute Gasteiger partial charge is 0.490 e. The summed E-state index contributed by atoms with van der Waals surface area (Å²) in [6.45, 7) is 1.81. The molecule has 1 aromatic heterocycles. The maximum atomic E-state index is 13.6. The first-order valence-electron chi connectivity index (χ1n) is 7.78. The highest BCUT2D eigenvalue weighted by Crippen LogP contribution is 2.33. The summed E-state index contributed by atoms with van der Waals surface area (Å²) in [7, 11) is 0. The average Bonchev–Trinajstić information content (AvgIpc) is 2.97. The SMILES string of the molecule is Nc1cc(CN2CCOc3ccc(F)cc32)n(-c2ccccc2)n1. The van der Waals surface area contributed by atoms with Crippen LogP contribution in [0.25, 0.3) is 5.69 Å². The molecule has 0 aliphatic carbocycles. The fourth-order valence-electron chi connectivity index (χ4n) is 2.95. The van der Waals surface area contributed by atoms with Crippen LogP contribution in [0, 0.1) is 5.82 Å². The van der Waals surface area contributed by atoms with Gasteiger partial charge in [-0.2, -0.15) is 5.10 Å². The van der Waals surface area contributed by atoms with Crippen LogP contribution in [0.15, 0.2) is 54.6 Å². The number of nitrogens with two attached hydrogens (primary N) is 1. The first-order chi connectivity index (χ1) is 11.7. The van der Waals surface area contributed by atoms with Gasteiger partial charge in [0.05, 0.1) is 30.2 Å². The van der Waals surface area contributed by atoms with Gasteiger partial charge in [0.15, 0.2) is 0 Å². The molecule has 0 amide bonds. The van der Waals surface area contributed by atoms with Crippen LogP contribution in [0.2, 0.25) is 0 Å². The van der Waals surface area contributed by atoms with Gasteiger partial charge in [0.2, 0.25) is 0 Å². The molecule has 2 aromatic carbocycles. The lowest BCUT2D eigenvalue weighted by molar-refractivity contribution is 0.305. The number of benzene rings is 2. The molecule has 0 spiro atoms. The number of nitrogen functional groups attached to an aromatic ring is 1. The van der Waals surface area contributed by atoms with Crippen LogP contribution in [0.4, 0.5) is 15.9 Å². The maximum absolute atomic E-state index is 13.6. The molecule has 1 aliphatic heterocycles. The molecule has 24 heavy (non-hydrogen) atoms. The van der Waals surface area contributed by atoms with E-state index in [1.165, 1.54) is 12.1 Å². The molecule has 0 radical (unpaired) electrons. The van der Waals surface area contributed by atoms with Crippen molar-refractivity contribution in [1.29, 1.82) is 0 Å². The summed E-state index contributed by atoms with van der Waals surface area (Å²) in [5.74, 6) is 0.878. The number of para-hydroxylation sites is 1. The number of fused-ring (bicyclic) bond motifs is 1. The van der Waals surface area contributed by atoms with Gasteiger partial charge in [-0.05, 0) is 24.3 Å². The molecule has 2 heterocycles. The van der Waals surface area contributed by atoms with Crippen molar-refractivity contribution in [3.05, 3.63) is 66.1 Å². The molecule has 2 N–H and O–H groups in total. The Labute approximate surface area is 139 Å². The molecule has 3 aromatic rings. The van der Waals surface area contributed by atoms with Crippen molar-refractivity contribution in [2.24, 2.45) is 0 Å². The summed E-state index contributed by atoms with van der Waals surface area (Å²) >= 11 is 0. The molecule has 0 fully saturated rings. The third-order valence-electron chi connectivity index (χ3n) is 4.04. The first kappa shape index (κ1) is 14.6. The standard InChI is InChI=1S/C18H17FN4O/c19-13-6-7-17-16(10-13)22(8-9-24-17)12-15-11-18(20)21-23(15)14-4-2-1-3-5-14/h1-7,10-11H,8-9,12H2,(H2,20,21). The van der Waals surface area contributed by atoms with Crippen LogP contribution in [0.5, 0.6) is 5.75 Å². The van der Waals surface area contributed by atoms with E-state index < -0.39 is 0 Å². The predicted octanol–water partition coefficient (Wildman–Crippen LogP) is 2.99. The Bertz CT molecular complexity index is 863. The average molecular weight is 324 g/mol. The lowest BCUT2D eigenvalue weighted by atomic mass is 10.2. The minimum Gasteiger partial charge on any atom is -0.490 e. The van der Waals surface area contributed by atoms with Crippen LogP contribution in [-0.2, 0) is 6.54 Å². The van der Waals surface area contributed by atoms with E-state index >= 15 is 0 Å². The minimum absolute atomic E-state index is 0.277. The molecule has 0 atom stereocenters. The van der Waals surface area contributed by atoms with E-state index in [4.69, 9.17) is 10.5 Å². The zero-order valence-corrected chi connectivity index (χ0v) is 13.0. The Morgan fingerprint density at radius 1 is 1.12 bits per heavy atom. The molecule has 0 saturated heterocycles. The molecular weight excluding hydrogens is 307 g/mol. The van der Waals surface area contributed by atoms with Gasteiger partial charge in [-0.1, -0.05) is 18.2 Å². The van der Waals surface area contributed by atoms with Gasteiger partial charge in [0.1, 0.15) is 24.0 Å². The molecule has 122 valence electrons. The summed E-state index contributed by atoms with van der Waals surface area (Å²) in [6.07, 6.45) is 0. The highest BCUT2D eigenvalue weighted by Gasteiger charge is 2.21. The molecule has 6 heteroatoms. The van der Waals surface area contributed by atoms with Crippen LogP contribution >= 0.6 is 0 Å². The number of halogens is 1. The fourth-order valence-corrected chi connectivity index (χ4v) is 2.95. The number of rotatable bonds is 3. The van der Waals surface area contributed by atoms with Crippen molar-refractivity contribution in [2.45, 2.75) is 6.54 Å². The Morgan fingerprint density at radius 3 is 2.79 bits per heavy atom. The number of hydrogen-bond acceptors (Lipinski definition) is 4. The summed E-state index contributed by atoms with van der Waals surface area (Å²) in [5, 5.41) is 4.38. The van der Waals surface area contributed by atoms with Crippen molar-refractivity contribution in [3.8, 4) is 11.4 Å². The molecule has 5 nitrogen and oxygen atoms in total. The summed E-state index contributed by atoms with van der Waals surface area (Å²) < 4.78 is 21.1. The normalized spacial score (nSPS) is 13.5. The molecule has 0 unspecified atom stereocenters. The summed E-state index contributed by atoms with van der Waals surface area (Å²) in [5.41, 5.74) is 8.54. The van der Waals surface area contributed by atoms with E-state index in [1.54, 1.807) is 6.07 Å². The minimum atomic E-state index is -0.277. The van der Waals surface area contributed by atoms with E-state index in [1.807, 2.05) is 41.1 Å². The number of hydrogen-bond donors (Lipinski definition) is 1. The van der Waals surface area contributed by atoms with Gasteiger partial charge < -0.3 is 15.4 Å². The van der Waals surface area contributed by atoms with E-state index in [9.17, 15) is 4.39 Å². The van der Waals surface area contributed by atoms with E-state index in [2.05, 4.69) is 10.00 Å². The maximum Gasteiger partial charge on any atom is 0.146 e. The zero-order chi connectivity index (χ0) is 16.5. The molecule has 0 saturated carbocycles. The second-order valence-electron chi connectivity index (χ2n) is 5.69. The number of nitrogens with zero attached hydrogens (tertiary/aromatic N) is 3. The molecule has 4 rings (SSSR count). The quantitative estimate of drug-likeness (QED) is 0.805. The monoisotopic (exact) mass is 324 g/mol. The number of aromatic nitrogens is 2. The molecule has 0 bridgehead atoms. The Balaban J connectivity index is 1.69. The highest BCUT2D eigenvalue weighted by atomic mass is 19.1. The Kier molecular flexibility index (Phi) is 3.57. The first-order valence-corrected chi connectivity index (χ1v) is 7.78. The van der Waals surface area contributed by atoms with E-state index in [-0.39, 0.29) is 5.82 Å². The Morgan fingerprint density at radius 2 is 1.96 bits per heavy atom. The lowest BCUT2D eigenvalue weighted by Crippen LogP contribution is -2.33. The van der Waals surface area contributed by atoms with Gasteiger partial charge >= 0.3 is 0 Å². The third kappa shape index (κ3) is 2.67. The van der Waals surface area contributed by atoms with Gasteiger partial charge in [0, 0.05) is 12.1 Å². The Hall–Kier alpha value is -3.02. The van der Waals surface area contributed by atoms with Crippen molar-refractivity contribution >= 4 is 11.5 Å². The van der Waals surface area contributed by atoms with E-state index in [0.717, 1.165) is 17.1 Å². The summed E-state index contributed by atoms with van der Waals surface area (Å²) in [6, 6.07) is 16.2. The lowest BCUT2D eigenvalue weighted by Gasteiger charge is -2.31. The van der Waals surface area contributed by atoms with Gasteiger partial charge in [-0.15, -0.1) is 0 Å². The van der Waals surface area contributed by atoms with Crippen molar-refractivity contribution in [2.75, 3.05) is 23.8 Å². The number of ether oxygens (including phenoxy) is 1. The molecular formula is C18H17FN4O. The number of anilines is 2. The summed E-state index contributed by atoms with van der Waals surface area (Å²) in [4.78, 5) is 2.08. The second kappa shape index (κ2) is 5.88. The van der Waals surface area contributed by atoms with Crippen LogP contribution < -0.4 is 15.4 Å². The van der Waals surface area contributed by atoms with Gasteiger partial charge in [-0.3, -0.25) is 0 Å². The molecule has 1 aliphatic rings. The topological polar surface area (TPSA) is 56.3 Å². The zero-order valence-electron chi connectivity index (χ0n) is 13.0. The van der Waals surface area contributed by atoms with Gasteiger partial charge in [-0.25, -0.2) is 9.07 Å². The van der Waals surface area contributed by atoms with Crippen molar-refractivity contribution < 1.29 is 9.13 Å².